The highest BCUT2D eigenvalue weighted by molar-refractivity contribution is 6.29. The van der Waals surface area contributed by atoms with Gasteiger partial charge in [-0.1, -0.05) is 43.1 Å². The first-order valence-corrected chi connectivity index (χ1v) is 6.59. The van der Waals surface area contributed by atoms with Crippen molar-refractivity contribution < 1.29 is 0 Å². The number of rotatable bonds is 3. The molecule has 0 radical (unpaired) electrons. The Bertz CT molecular complexity index is 564. The lowest BCUT2D eigenvalue weighted by molar-refractivity contribution is 0.875. The van der Waals surface area contributed by atoms with Crippen LogP contribution in [0.4, 0.5) is 0 Å². The minimum atomic E-state index is 0.518. The van der Waals surface area contributed by atoms with E-state index in [1.807, 2.05) is 18.2 Å². The zero-order valence-corrected chi connectivity index (χ0v) is 11.8. The highest BCUT2D eigenvalue weighted by Crippen LogP contribution is 2.24. The molecular formula is C15H17ClN2. The molecule has 0 bridgehead atoms. The van der Waals surface area contributed by atoms with Gasteiger partial charge in [-0.2, -0.15) is 0 Å². The van der Waals surface area contributed by atoms with Crippen molar-refractivity contribution in [1.82, 2.24) is 9.97 Å². The quantitative estimate of drug-likeness (QED) is 0.766. The van der Waals surface area contributed by atoms with E-state index in [9.17, 15) is 0 Å². The highest BCUT2D eigenvalue weighted by Gasteiger charge is 2.09. The molecule has 2 rings (SSSR count). The number of halogens is 1. The lowest BCUT2D eigenvalue weighted by atomic mass is 10.0. The van der Waals surface area contributed by atoms with E-state index in [1.54, 1.807) is 0 Å². The van der Waals surface area contributed by atoms with E-state index in [2.05, 4.69) is 36.8 Å². The van der Waals surface area contributed by atoms with Crippen LogP contribution in [0.15, 0.2) is 24.3 Å². The zero-order valence-electron chi connectivity index (χ0n) is 11.0. The molecule has 2 aromatic rings. The van der Waals surface area contributed by atoms with Crippen LogP contribution in [0.25, 0.3) is 11.4 Å². The van der Waals surface area contributed by atoms with Gasteiger partial charge in [0.15, 0.2) is 5.82 Å². The summed E-state index contributed by atoms with van der Waals surface area (Å²) in [6.07, 6.45) is 1.99. The molecule has 1 aromatic carbocycles. The first-order valence-electron chi connectivity index (χ1n) is 6.22. The van der Waals surface area contributed by atoms with Gasteiger partial charge in [0.05, 0.1) is 0 Å². The predicted octanol–water partition coefficient (Wildman–Crippen LogP) is 4.37. The normalized spacial score (nSPS) is 10.7. The van der Waals surface area contributed by atoms with Gasteiger partial charge < -0.3 is 0 Å². The Morgan fingerprint density at radius 1 is 1.17 bits per heavy atom. The molecule has 0 N–H and O–H groups in total. The van der Waals surface area contributed by atoms with E-state index in [1.165, 1.54) is 11.1 Å². The van der Waals surface area contributed by atoms with Crippen LogP contribution in [-0.4, -0.2) is 9.97 Å². The third kappa shape index (κ3) is 2.70. The molecule has 0 fully saturated rings. The van der Waals surface area contributed by atoms with Crippen LogP contribution in [0.2, 0.25) is 5.15 Å². The molecule has 0 aliphatic rings. The molecule has 0 amide bonds. The van der Waals surface area contributed by atoms with Crippen LogP contribution < -0.4 is 0 Å². The number of benzene rings is 1. The highest BCUT2D eigenvalue weighted by atomic mass is 35.5. The maximum atomic E-state index is 6.08. The fraction of sp³-hybridized carbons (Fsp3) is 0.333. The predicted molar refractivity (Wildman–Crippen MR) is 75.9 cm³/mol. The summed E-state index contributed by atoms with van der Waals surface area (Å²) in [6.45, 7) is 6.32. The van der Waals surface area contributed by atoms with E-state index < -0.39 is 0 Å². The van der Waals surface area contributed by atoms with E-state index in [-0.39, 0.29) is 0 Å². The molecular weight excluding hydrogens is 244 g/mol. The molecule has 0 atom stereocenters. The summed E-state index contributed by atoms with van der Waals surface area (Å²) in [5.74, 6) is 0.729. The van der Waals surface area contributed by atoms with E-state index in [0.29, 0.717) is 5.15 Å². The van der Waals surface area contributed by atoms with Crippen LogP contribution in [0.5, 0.6) is 0 Å². The third-order valence-corrected chi connectivity index (χ3v) is 3.29. The van der Waals surface area contributed by atoms with Crippen LogP contribution in [-0.2, 0) is 6.42 Å². The Balaban J connectivity index is 2.53. The zero-order chi connectivity index (χ0) is 13.1. The summed E-state index contributed by atoms with van der Waals surface area (Å²) in [4.78, 5) is 8.94. The molecule has 94 valence electrons. The van der Waals surface area contributed by atoms with Crippen LogP contribution in [0.3, 0.4) is 0 Å². The lowest BCUT2D eigenvalue weighted by Crippen LogP contribution is -1.98. The second-order valence-electron chi connectivity index (χ2n) is 4.50. The SMILES string of the molecule is CCCc1cc(Cl)nc(-c2cccc(C)c2C)n1. The van der Waals surface area contributed by atoms with Crippen molar-refractivity contribution in [3.05, 3.63) is 46.2 Å². The molecule has 2 nitrogen and oxygen atoms in total. The minimum Gasteiger partial charge on any atom is -0.233 e. The Morgan fingerprint density at radius 2 is 1.94 bits per heavy atom. The average Bonchev–Trinajstić information content (AvgIpc) is 2.32. The fourth-order valence-corrected chi connectivity index (χ4v) is 2.17. The summed E-state index contributed by atoms with van der Waals surface area (Å²) >= 11 is 6.08. The summed E-state index contributed by atoms with van der Waals surface area (Å²) in [7, 11) is 0. The Labute approximate surface area is 113 Å². The summed E-state index contributed by atoms with van der Waals surface area (Å²) < 4.78 is 0. The van der Waals surface area contributed by atoms with Crippen molar-refractivity contribution in [2.45, 2.75) is 33.6 Å². The van der Waals surface area contributed by atoms with Gasteiger partial charge in [0.1, 0.15) is 5.15 Å². The first-order chi connectivity index (χ1) is 8.61. The maximum Gasteiger partial charge on any atom is 0.161 e. The van der Waals surface area contributed by atoms with Crippen molar-refractivity contribution in [2.75, 3.05) is 0 Å². The van der Waals surface area contributed by atoms with Crippen molar-refractivity contribution in [2.24, 2.45) is 0 Å². The van der Waals surface area contributed by atoms with Gasteiger partial charge in [-0.15, -0.1) is 0 Å². The molecule has 0 spiro atoms. The maximum absolute atomic E-state index is 6.08. The molecule has 1 aromatic heterocycles. The molecule has 0 saturated carbocycles. The fourth-order valence-electron chi connectivity index (χ4n) is 1.96. The first kappa shape index (κ1) is 13.0. The molecule has 3 heteroatoms. The molecule has 18 heavy (non-hydrogen) atoms. The summed E-state index contributed by atoms with van der Waals surface area (Å²) in [5, 5.41) is 0.518. The topological polar surface area (TPSA) is 25.8 Å². The molecule has 0 aliphatic carbocycles. The number of hydrogen-bond donors (Lipinski definition) is 0. The van der Waals surface area contributed by atoms with Crippen molar-refractivity contribution in [3.63, 3.8) is 0 Å². The van der Waals surface area contributed by atoms with Gasteiger partial charge in [-0.05, 0) is 37.5 Å². The van der Waals surface area contributed by atoms with E-state index in [4.69, 9.17) is 11.6 Å². The summed E-state index contributed by atoms with van der Waals surface area (Å²) in [6, 6.07) is 8.02. The van der Waals surface area contributed by atoms with Crippen LogP contribution in [0, 0.1) is 13.8 Å². The van der Waals surface area contributed by atoms with Crippen LogP contribution >= 0.6 is 11.6 Å². The average molecular weight is 261 g/mol. The number of aromatic nitrogens is 2. The smallest absolute Gasteiger partial charge is 0.161 e. The van der Waals surface area contributed by atoms with E-state index in [0.717, 1.165) is 29.9 Å². The number of aryl methyl sites for hydroxylation is 2. The standard InChI is InChI=1S/C15H17ClN2/c1-4-6-12-9-14(16)18-15(17-12)13-8-5-7-10(2)11(13)3/h5,7-9H,4,6H2,1-3H3. The monoisotopic (exact) mass is 260 g/mol. The second kappa shape index (κ2) is 5.49. The third-order valence-electron chi connectivity index (χ3n) is 3.10. The summed E-state index contributed by atoms with van der Waals surface area (Å²) in [5.41, 5.74) is 4.53. The van der Waals surface area contributed by atoms with Gasteiger partial charge in [0.25, 0.3) is 0 Å². The molecule has 1 heterocycles. The van der Waals surface area contributed by atoms with Crippen molar-refractivity contribution >= 4 is 11.6 Å². The van der Waals surface area contributed by atoms with Crippen LogP contribution in [0.1, 0.15) is 30.2 Å². The second-order valence-corrected chi connectivity index (χ2v) is 4.89. The minimum absolute atomic E-state index is 0.518. The van der Waals surface area contributed by atoms with Gasteiger partial charge >= 0.3 is 0 Å². The Kier molecular flexibility index (Phi) is 3.97. The van der Waals surface area contributed by atoms with Crippen molar-refractivity contribution in [1.29, 1.82) is 0 Å². The molecule has 0 unspecified atom stereocenters. The number of nitrogens with zero attached hydrogens (tertiary/aromatic N) is 2. The Hall–Kier alpha value is -1.41. The van der Waals surface area contributed by atoms with Gasteiger partial charge in [0, 0.05) is 11.3 Å². The Morgan fingerprint density at radius 3 is 2.67 bits per heavy atom. The molecule has 0 aliphatic heterocycles. The molecule has 0 saturated heterocycles. The van der Waals surface area contributed by atoms with Crippen molar-refractivity contribution in [3.8, 4) is 11.4 Å². The van der Waals surface area contributed by atoms with Gasteiger partial charge in [0.2, 0.25) is 0 Å². The largest absolute Gasteiger partial charge is 0.233 e. The number of hydrogen-bond acceptors (Lipinski definition) is 2. The van der Waals surface area contributed by atoms with Gasteiger partial charge in [-0.3, -0.25) is 0 Å². The van der Waals surface area contributed by atoms with Gasteiger partial charge in [-0.25, -0.2) is 9.97 Å². The van der Waals surface area contributed by atoms with E-state index >= 15 is 0 Å². The lowest BCUT2D eigenvalue weighted by Gasteiger charge is -2.09.